The zero-order chi connectivity index (χ0) is 12.1. The van der Waals surface area contributed by atoms with Crippen molar-refractivity contribution in [1.82, 2.24) is 15.3 Å². The molecule has 0 atom stereocenters. The number of H-pyrrole nitrogens is 1. The SMILES string of the molecule is CC(C)NCCc1ncc(C2CCCCC2)[nH]1. The minimum Gasteiger partial charge on any atom is -0.346 e. The highest BCUT2D eigenvalue weighted by Gasteiger charge is 2.17. The molecule has 2 rings (SSSR count). The highest BCUT2D eigenvalue weighted by molar-refractivity contribution is 5.08. The molecule has 3 heteroatoms. The molecule has 1 aromatic rings. The molecule has 0 radical (unpaired) electrons. The van der Waals surface area contributed by atoms with Crippen LogP contribution in [0.3, 0.4) is 0 Å². The first-order valence-corrected chi connectivity index (χ1v) is 7.03. The maximum atomic E-state index is 4.49. The molecule has 96 valence electrons. The highest BCUT2D eigenvalue weighted by atomic mass is 14.9. The van der Waals surface area contributed by atoms with Gasteiger partial charge in [-0.3, -0.25) is 0 Å². The van der Waals surface area contributed by atoms with Crippen molar-refractivity contribution in [3.8, 4) is 0 Å². The third-order valence-corrected chi connectivity index (χ3v) is 3.61. The fraction of sp³-hybridized carbons (Fsp3) is 0.786. The Labute approximate surface area is 104 Å². The number of rotatable bonds is 5. The van der Waals surface area contributed by atoms with Crippen LogP contribution in [0.4, 0.5) is 0 Å². The minimum absolute atomic E-state index is 0.558. The van der Waals surface area contributed by atoms with Gasteiger partial charge in [0.1, 0.15) is 5.82 Å². The predicted octanol–water partition coefficient (Wildman–Crippen LogP) is 3.00. The van der Waals surface area contributed by atoms with E-state index in [4.69, 9.17) is 0 Å². The molecule has 0 amide bonds. The number of nitrogens with zero attached hydrogens (tertiary/aromatic N) is 1. The molecule has 0 aromatic carbocycles. The highest BCUT2D eigenvalue weighted by Crippen LogP contribution is 2.31. The van der Waals surface area contributed by atoms with Crippen molar-refractivity contribution < 1.29 is 0 Å². The van der Waals surface area contributed by atoms with Gasteiger partial charge in [-0.1, -0.05) is 33.1 Å². The van der Waals surface area contributed by atoms with E-state index in [2.05, 4.69) is 35.3 Å². The van der Waals surface area contributed by atoms with E-state index in [1.807, 2.05) is 0 Å². The maximum absolute atomic E-state index is 4.49. The predicted molar refractivity (Wildman–Crippen MR) is 71.3 cm³/mol. The van der Waals surface area contributed by atoms with Gasteiger partial charge < -0.3 is 10.3 Å². The van der Waals surface area contributed by atoms with Gasteiger partial charge in [0.2, 0.25) is 0 Å². The third-order valence-electron chi connectivity index (χ3n) is 3.61. The Bertz CT molecular complexity index is 324. The molecule has 1 fully saturated rings. The number of hydrogen-bond acceptors (Lipinski definition) is 2. The quantitative estimate of drug-likeness (QED) is 0.823. The second kappa shape index (κ2) is 6.20. The standard InChI is InChI=1S/C14H25N3/c1-11(2)15-9-8-14-16-10-13(17-14)12-6-4-3-5-7-12/h10-12,15H,3-9H2,1-2H3,(H,16,17). The van der Waals surface area contributed by atoms with Crippen LogP contribution >= 0.6 is 0 Å². The number of aromatic nitrogens is 2. The molecule has 0 bridgehead atoms. The van der Waals surface area contributed by atoms with Gasteiger partial charge in [0, 0.05) is 36.8 Å². The van der Waals surface area contributed by atoms with Crippen LogP contribution in [0.1, 0.15) is 63.4 Å². The van der Waals surface area contributed by atoms with E-state index < -0.39 is 0 Å². The van der Waals surface area contributed by atoms with Crippen LogP contribution in [-0.4, -0.2) is 22.6 Å². The number of imidazole rings is 1. The van der Waals surface area contributed by atoms with Crippen LogP contribution in [0.2, 0.25) is 0 Å². The third kappa shape index (κ3) is 3.84. The Morgan fingerprint density at radius 2 is 2.12 bits per heavy atom. The summed E-state index contributed by atoms with van der Waals surface area (Å²) in [5, 5.41) is 3.42. The summed E-state index contributed by atoms with van der Waals surface area (Å²) in [5.41, 5.74) is 1.37. The van der Waals surface area contributed by atoms with E-state index in [1.54, 1.807) is 0 Å². The summed E-state index contributed by atoms with van der Waals surface area (Å²) in [5.74, 6) is 1.88. The van der Waals surface area contributed by atoms with E-state index >= 15 is 0 Å². The summed E-state index contributed by atoms with van der Waals surface area (Å²) in [6.07, 6.45) is 9.92. The molecule has 0 saturated heterocycles. The van der Waals surface area contributed by atoms with E-state index in [1.165, 1.54) is 37.8 Å². The van der Waals surface area contributed by atoms with Gasteiger partial charge in [-0.25, -0.2) is 4.98 Å². The summed E-state index contributed by atoms with van der Waals surface area (Å²) in [6, 6.07) is 0.558. The zero-order valence-electron chi connectivity index (χ0n) is 11.1. The zero-order valence-corrected chi connectivity index (χ0v) is 11.1. The maximum Gasteiger partial charge on any atom is 0.107 e. The van der Waals surface area contributed by atoms with Crippen molar-refractivity contribution in [2.45, 2.75) is 64.3 Å². The van der Waals surface area contributed by atoms with Crippen molar-refractivity contribution in [2.75, 3.05) is 6.54 Å². The first-order chi connectivity index (χ1) is 8.25. The average molecular weight is 235 g/mol. The largest absolute Gasteiger partial charge is 0.346 e. The van der Waals surface area contributed by atoms with Gasteiger partial charge in [-0.05, 0) is 12.8 Å². The number of nitrogens with one attached hydrogen (secondary N) is 2. The van der Waals surface area contributed by atoms with E-state index in [-0.39, 0.29) is 0 Å². The molecule has 1 aliphatic rings. The summed E-state index contributed by atoms with van der Waals surface area (Å²) in [6.45, 7) is 5.36. The lowest BCUT2D eigenvalue weighted by Gasteiger charge is -2.19. The second-order valence-electron chi connectivity index (χ2n) is 5.48. The molecular weight excluding hydrogens is 210 g/mol. The van der Waals surface area contributed by atoms with Gasteiger partial charge in [-0.2, -0.15) is 0 Å². The fourth-order valence-electron chi connectivity index (χ4n) is 2.61. The van der Waals surface area contributed by atoms with Crippen molar-refractivity contribution in [2.24, 2.45) is 0 Å². The Morgan fingerprint density at radius 1 is 1.35 bits per heavy atom. The monoisotopic (exact) mass is 235 g/mol. The summed E-state index contributed by atoms with van der Waals surface area (Å²) in [4.78, 5) is 8.00. The molecule has 3 nitrogen and oxygen atoms in total. The van der Waals surface area contributed by atoms with Gasteiger partial charge in [-0.15, -0.1) is 0 Å². The molecule has 2 N–H and O–H groups in total. The number of hydrogen-bond donors (Lipinski definition) is 2. The molecule has 1 aromatic heterocycles. The van der Waals surface area contributed by atoms with Crippen LogP contribution in [0, 0.1) is 0 Å². The normalized spacial score (nSPS) is 17.8. The molecule has 1 saturated carbocycles. The molecule has 1 heterocycles. The van der Waals surface area contributed by atoms with Crippen molar-refractivity contribution >= 4 is 0 Å². The van der Waals surface area contributed by atoms with E-state index in [9.17, 15) is 0 Å². The van der Waals surface area contributed by atoms with Crippen LogP contribution in [0.25, 0.3) is 0 Å². The Hall–Kier alpha value is -0.830. The molecule has 0 aliphatic heterocycles. The second-order valence-corrected chi connectivity index (χ2v) is 5.48. The lowest BCUT2D eigenvalue weighted by Crippen LogP contribution is -2.25. The van der Waals surface area contributed by atoms with Gasteiger partial charge in [0.15, 0.2) is 0 Å². The Morgan fingerprint density at radius 3 is 2.82 bits per heavy atom. The fourth-order valence-corrected chi connectivity index (χ4v) is 2.61. The number of aromatic amines is 1. The topological polar surface area (TPSA) is 40.7 Å². The van der Waals surface area contributed by atoms with Crippen molar-refractivity contribution in [3.63, 3.8) is 0 Å². The molecule has 1 aliphatic carbocycles. The average Bonchev–Trinajstić information content (AvgIpc) is 2.78. The van der Waals surface area contributed by atoms with Gasteiger partial charge in [0.25, 0.3) is 0 Å². The first-order valence-electron chi connectivity index (χ1n) is 7.03. The Balaban J connectivity index is 1.82. The van der Waals surface area contributed by atoms with Crippen molar-refractivity contribution in [1.29, 1.82) is 0 Å². The Kier molecular flexibility index (Phi) is 4.60. The molecule has 17 heavy (non-hydrogen) atoms. The smallest absolute Gasteiger partial charge is 0.107 e. The van der Waals surface area contributed by atoms with Crippen LogP contribution in [0.15, 0.2) is 6.20 Å². The summed E-state index contributed by atoms with van der Waals surface area (Å²) in [7, 11) is 0. The summed E-state index contributed by atoms with van der Waals surface area (Å²) < 4.78 is 0. The van der Waals surface area contributed by atoms with Crippen LogP contribution in [0.5, 0.6) is 0 Å². The van der Waals surface area contributed by atoms with Crippen molar-refractivity contribution in [3.05, 3.63) is 17.7 Å². The molecule has 0 spiro atoms. The van der Waals surface area contributed by atoms with Crippen LogP contribution in [-0.2, 0) is 6.42 Å². The summed E-state index contributed by atoms with van der Waals surface area (Å²) >= 11 is 0. The van der Waals surface area contributed by atoms with E-state index in [0.717, 1.165) is 24.7 Å². The van der Waals surface area contributed by atoms with E-state index in [0.29, 0.717) is 6.04 Å². The lowest BCUT2D eigenvalue weighted by atomic mass is 9.87. The molecule has 0 unspecified atom stereocenters. The van der Waals surface area contributed by atoms with Gasteiger partial charge in [0.05, 0.1) is 0 Å². The van der Waals surface area contributed by atoms with Crippen LogP contribution < -0.4 is 5.32 Å². The first kappa shape index (κ1) is 12.6. The lowest BCUT2D eigenvalue weighted by molar-refractivity contribution is 0.437. The minimum atomic E-state index is 0.558. The molecular formula is C14H25N3. The van der Waals surface area contributed by atoms with Gasteiger partial charge >= 0.3 is 0 Å².